The number of carbonyl (C=O) groups excluding carboxylic acids is 2. The Morgan fingerprint density at radius 1 is 0.967 bits per heavy atom. The molecular formula is C24H23N3O3. The van der Waals surface area contributed by atoms with Crippen molar-refractivity contribution in [2.24, 2.45) is 0 Å². The van der Waals surface area contributed by atoms with E-state index in [2.05, 4.69) is 34.6 Å². The number of carbonyl (C=O) groups is 2. The van der Waals surface area contributed by atoms with Crippen LogP contribution in [0.3, 0.4) is 0 Å². The molecule has 0 aliphatic heterocycles. The first-order valence-electron chi connectivity index (χ1n) is 10.0. The van der Waals surface area contributed by atoms with Crippen molar-refractivity contribution in [2.45, 2.75) is 26.3 Å². The summed E-state index contributed by atoms with van der Waals surface area (Å²) < 4.78 is 6.89. The maximum Gasteiger partial charge on any atom is 0.306 e. The highest BCUT2D eigenvalue weighted by molar-refractivity contribution is 5.93. The van der Waals surface area contributed by atoms with Crippen molar-refractivity contribution in [3.05, 3.63) is 72.3 Å². The number of amides is 1. The number of esters is 1. The van der Waals surface area contributed by atoms with Crippen LogP contribution in [-0.4, -0.2) is 28.0 Å². The fourth-order valence-electron chi connectivity index (χ4n) is 3.57. The molecule has 0 aliphatic rings. The molecule has 3 aromatic carbocycles. The number of fused-ring (bicyclic) bond motifs is 2. The zero-order valence-corrected chi connectivity index (χ0v) is 16.8. The van der Waals surface area contributed by atoms with Crippen LogP contribution in [0.15, 0.2) is 66.7 Å². The van der Waals surface area contributed by atoms with Gasteiger partial charge in [-0.2, -0.15) is 0 Å². The number of hydrogen-bond acceptors (Lipinski definition) is 4. The molecular weight excluding hydrogens is 378 g/mol. The second kappa shape index (κ2) is 8.78. The fraction of sp³-hybridized carbons (Fsp3) is 0.208. The number of hydrogen-bond donors (Lipinski definition) is 1. The number of imidazole rings is 1. The van der Waals surface area contributed by atoms with Crippen LogP contribution in [0, 0.1) is 0 Å². The highest BCUT2D eigenvalue weighted by atomic mass is 16.5. The topological polar surface area (TPSA) is 73.2 Å². The maximum atomic E-state index is 12.4. The molecule has 0 atom stereocenters. The molecule has 30 heavy (non-hydrogen) atoms. The van der Waals surface area contributed by atoms with E-state index in [-0.39, 0.29) is 24.7 Å². The number of benzene rings is 3. The molecule has 6 heteroatoms. The Kier molecular flexibility index (Phi) is 5.75. The molecule has 4 aromatic rings. The van der Waals surface area contributed by atoms with Crippen molar-refractivity contribution in [3.8, 4) is 0 Å². The number of aromatic nitrogens is 2. The average Bonchev–Trinajstić information content (AvgIpc) is 3.10. The number of nitrogens with one attached hydrogen (secondary N) is 1. The third kappa shape index (κ3) is 4.17. The summed E-state index contributed by atoms with van der Waals surface area (Å²) >= 11 is 0. The van der Waals surface area contributed by atoms with Crippen molar-refractivity contribution in [1.29, 1.82) is 0 Å². The van der Waals surface area contributed by atoms with Gasteiger partial charge in [0, 0.05) is 6.42 Å². The van der Waals surface area contributed by atoms with Crippen LogP contribution < -0.4 is 5.32 Å². The Balaban J connectivity index is 1.64. The van der Waals surface area contributed by atoms with Crippen LogP contribution in [-0.2, 0) is 20.9 Å². The van der Waals surface area contributed by atoms with Gasteiger partial charge in [-0.1, -0.05) is 54.6 Å². The lowest BCUT2D eigenvalue weighted by Gasteiger charge is -2.12. The molecule has 0 fully saturated rings. The highest BCUT2D eigenvalue weighted by Gasteiger charge is 2.15. The minimum Gasteiger partial charge on any atom is -0.466 e. The highest BCUT2D eigenvalue weighted by Crippen LogP contribution is 2.25. The maximum absolute atomic E-state index is 12.4. The second-order valence-corrected chi connectivity index (χ2v) is 7.00. The Morgan fingerprint density at radius 2 is 1.73 bits per heavy atom. The molecule has 0 aliphatic carbocycles. The van der Waals surface area contributed by atoms with Crippen LogP contribution in [0.1, 0.15) is 25.3 Å². The summed E-state index contributed by atoms with van der Waals surface area (Å²) in [5, 5.41) is 5.20. The summed E-state index contributed by atoms with van der Waals surface area (Å²) in [5.41, 5.74) is 2.88. The number of para-hydroxylation sites is 2. The Bertz CT molecular complexity index is 1210. The summed E-state index contributed by atoms with van der Waals surface area (Å²) in [6.07, 6.45) is 0.0968. The molecule has 1 amide bonds. The number of anilines is 1. The molecule has 0 radical (unpaired) electrons. The Labute approximate surface area is 174 Å². The van der Waals surface area contributed by atoms with Gasteiger partial charge in [0.2, 0.25) is 11.9 Å². The first-order valence-corrected chi connectivity index (χ1v) is 10.0. The van der Waals surface area contributed by atoms with E-state index in [1.165, 1.54) is 5.39 Å². The average molecular weight is 401 g/mol. The SMILES string of the molecule is CCOC(=O)CCC(=O)Nc1nc2ccccc2n1Cc1cccc2ccccc12. The van der Waals surface area contributed by atoms with Gasteiger partial charge in [-0.3, -0.25) is 14.9 Å². The minimum atomic E-state index is -0.378. The largest absolute Gasteiger partial charge is 0.466 e. The van der Waals surface area contributed by atoms with Crippen molar-refractivity contribution < 1.29 is 14.3 Å². The van der Waals surface area contributed by atoms with Gasteiger partial charge in [0.15, 0.2) is 0 Å². The van der Waals surface area contributed by atoms with E-state index in [1.54, 1.807) is 6.92 Å². The lowest BCUT2D eigenvalue weighted by atomic mass is 10.0. The van der Waals surface area contributed by atoms with Crippen LogP contribution in [0.4, 0.5) is 5.95 Å². The van der Waals surface area contributed by atoms with Gasteiger partial charge in [0.05, 0.1) is 30.6 Å². The number of ether oxygens (including phenoxy) is 1. The molecule has 152 valence electrons. The van der Waals surface area contributed by atoms with E-state index in [0.29, 0.717) is 19.1 Å². The predicted octanol–water partition coefficient (Wildman–Crippen LogP) is 4.52. The molecule has 1 N–H and O–H groups in total. The lowest BCUT2D eigenvalue weighted by Crippen LogP contribution is -2.18. The van der Waals surface area contributed by atoms with E-state index in [4.69, 9.17) is 4.74 Å². The minimum absolute atomic E-state index is 0.0449. The fourth-order valence-corrected chi connectivity index (χ4v) is 3.57. The molecule has 0 bridgehead atoms. The van der Waals surface area contributed by atoms with E-state index in [0.717, 1.165) is 22.0 Å². The van der Waals surface area contributed by atoms with Crippen LogP contribution >= 0.6 is 0 Å². The first-order chi connectivity index (χ1) is 14.7. The molecule has 1 aromatic heterocycles. The number of nitrogens with zero attached hydrogens (tertiary/aromatic N) is 2. The van der Waals surface area contributed by atoms with Gasteiger partial charge in [0.1, 0.15) is 0 Å². The summed E-state index contributed by atoms with van der Waals surface area (Å²) in [5.74, 6) is -0.174. The molecule has 0 spiro atoms. The Hall–Kier alpha value is -3.67. The van der Waals surface area contributed by atoms with Gasteiger partial charge >= 0.3 is 5.97 Å². The normalized spacial score (nSPS) is 11.0. The summed E-state index contributed by atoms with van der Waals surface area (Å²) in [7, 11) is 0. The molecule has 6 nitrogen and oxygen atoms in total. The van der Waals surface area contributed by atoms with Gasteiger partial charge in [0.25, 0.3) is 0 Å². The van der Waals surface area contributed by atoms with E-state index in [9.17, 15) is 9.59 Å². The van der Waals surface area contributed by atoms with Crippen molar-refractivity contribution in [3.63, 3.8) is 0 Å². The van der Waals surface area contributed by atoms with Crippen molar-refractivity contribution in [2.75, 3.05) is 11.9 Å². The second-order valence-electron chi connectivity index (χ2n) is 7.00. The third-order valence-corrected chi connectivity index (χ3v) is 4.98. The molecule has 4 rings (SSSR count). The smallest absolute Gasteiger partial charge is 0.306 e. The van der Waals surface area contributed by atoms with Gasteiger partial charge < -0.3 is 9.30 Å². The van der Waals surface area contributed by atoms with Crippen LogP contribution in [0.5, 0.6) is 0 Å². The zero-order valence-electron chi connectivity index (χ0n) is 16.8. The summed E-state index contributed by atoms with van der Waals surface area (Å²) in [4.78, 5) is 28.6. The van der Waals surface area contributed by atoms with Crippen LogP contribution in [0.25, 0.3) is 21.8 Å². The first kappa shape index (κ1) is 19.6. The standard InChI is InChI=1S/C24H23N3O3/c1-2-30-23(29)15-14-22(28)26-24-25-20-12-5-6-13-21(20)27(24)16-18-10-7-9-17-8-3-4-11-19(17)18/h3-13H,2,14-16H2,1H3,(H,25,26,28). The third-order valence-electron chi connectivity index (χ3n) is 4.98. The lowest BCUT2D eigenvalue weighted by molar-refractivity contribution is -0.144. The molecule has 1 heterocycles. The van der Waals surface area contributed by atoms with Crippen molar-refractivity contribution >= 4 is 39.6 Å². The monoisotopic (exact) mass is 401 g/mol. The molecule has 0 saturated heterocycles. The molecule has 0 unspecified atom stereocenters. The molecule has 0 saturated carbocycles. The summed E-state index contributed by atoms with van der Waals surface area (Å²) in [6.45, 7) is 2.62. The van der Waals surface area contributed by atoms with Crippen molar-refractivity contribution in [1.82, 2.24) is 9.55 Å². The van der Waals surface area contributed by atoms with Crippen LogP contribution in [0.2, 0.25) is 0 Å². The van der Waals surface area contributed by atoms with Gasteiger partial charge in [-0.05, 0) is 35.4 Å². The predicted molar refractivity (Wildman–Crippen MR) is 117 cm³/mol. The van der Waals surface area contributed by atoms with Gasteiger partial charge in [-0.25, -0.2) is 4.98 Å². The number of rotatable bonds is 7. The summed E-state index contributed by atoms with van der Waals surface area (Å²) in [6, 6.07) is 22.2. The Morgan fingerprint density at radius 3 is 2.60 bits per heavy atom. The van der Waals surface area contributed by atoms with E-state index >= 15 is 0 Å². The van der Waals surface area contributed by atoms with Gasteiger partial charge in [-0.15, -0.1) is 0 Å². The van der Waals surface area contributed by atoms with E-state index < -0.39 is 0 Å². The quantitative estimate of drug-likeness (QED) is 0.462. The zero-order chi connectivity index (χ0) is 20.9. The van der Waals surface area contributed by atoms with E-state index in [1.807, 2.05) is 47.0 Å².